The Bertz CT molecular complexity index is 417. The van der Waals surface area contributed by atoms with Gasteiger partial charge in [-0.05, 0) is 13.8 Å². The normalized spacial score (nSPS) is 12.2. The molecular weight excluding hydrogens is 222 g/mol. The molecule has 94 valence electrons. The van der Waals surface area contributed by atoms with Gasteiger partial charge in [0.2, 0.25) is 0 Å². The van der Waals surface area contributed by atoms with Gasteiger partial charge in [-0.2, -0.15) is 0 Å². The lowest BCUT2D eigenvalue weighted by molar-refractivity contribution is -0.138. The van der Waals surface area contributed by atoms with Gasteiger partial charge in [-0.15, -0.1) is 0 Å². The third kappa shape index (κ3) is 2.74. The van der Waals surface area contributed by atoms with Crippen molar-refractivity contribution in [1.82, 2.24) is 4.98 Å². The monoisotopic (exact) mass is 239 g/mol. The summed E-state index contributed by atoms with van der Waals surface area (Å²) < 4.78 is 10.3. The van der Waals surface area contributed by atoms with E-state index in [1.165, 1.54) is 7.11 Å². The minimum atomic E-state index is -0.897. The van der Waals surface area contributed by atoms with Crippen LogP contribution in [0.25, 0.3) is 0 Å². The maximum absolute atomic E-state index is 11.1. The number of ether oxygens (including phenoxy) is 2. The van der Waals surface area contributed by atoms with E-state index in [1.54, 1.807) is 27.2 Å². The topological polar surface area (TPSA) is 68.7 Å². The fourth-order valence-electron chi connectivity index (χ4n) is 1.77. The highest BCUT2D eigenvalue weighted by Crippen LogP contribution is 2.32. The minimum Gasteiger partial charge on any atom is -0.495 e. The Labute approximate surface area is 100 Å². The standard InChI is InChI=1S/C12H17NO4/c1-7(12(14)15)10-9(6-16-3)5-13-8(2)11(10)17-4/h5,7H,6H2,1-4H3,(H,14,15). The number of nitrogens with zero attached hydrogens (tertiary/aromatic N) is 1. The maximum atomic E-state index is 11.1. The molecule has 0 fully saturated rings. The summed E-state index contributed by atoms with van der Waals surface area (Å²) in [5, 5.41) is 9.12. The molecule has 0 aliphatic heterocycles. The Balaban J connectivity index is 3.37. The summed E-state index contributed by atoms with van der Waals surface area (Å²) in [5.74, 6) is -1.03. The molecule has 0 saturated heterocycles. The van der Waals surface area contributed by atoms with Gasteiger partial charge in [-0.3, -0.25) is 9.78 Å². The average Bonchev–Trinajstić information content (AvgIpc) is 2.30. The van der Waals surface area contributed by atoms with Gasteiger partial charge in [0.05, 0.1) is 25.3 Å². The molecule has 1 heterocycles. The Morgan fingerprint density at radius 2 is 2.18 bits per heavy atom. The minimum absolute atomic E-state index is 0.316. The van der Waals surface area contributed by atoms with Gasteiger partial charge >= 0.3 is 5.97 Å². The first-order chi connectivity index (χ1) is 8.02. The number of aliphatic carboxylic acids is 1. The van der Waals surface area contributed by atoms with E-state index in [9.17, 15) is 4.79 Å². The van der Waals surface area contributed by atoms with E-state index in [0.29, 0.717) is 23.6 Å². The van der Waals surface area contributed by atoms with Crippen LogP contribution in [-0.4, -0.2) is 30.3 Å². The number of hydrogen-bond donors (Lipinski definition) is 1. The Kier molecular flexibility index (Phi) is 4.45. The zero-order valence-corrected chi connectivity index (χ0v) is 10.5. The van der Waals surface area contributed by atoms with Crippen LogP contribution in [-0.2, 0) is 16.1 Å². The Morgan fingerprint density at radius 1 is 1.53 bits per heavy atom. The number of aryl methyl sites for hydroxylation is 1. The van der Waals surface area contributed by atoms with Crippen LogP contribution >= 0.6 is 0 Å². The SMILES string of the molecule is COCc1cnc(C)c(OC)c1C(C)C(=O)O. The number of methoxy groups -OCH3 is 2. The number of carboxylic acids is 1. The molecule has 0 amide bonds. The van der Waals surface area contributed by atoms with E-state index >= 15 is 0 Å². The van der Waals surface area contributed by atoms with Gasteiger partial charge in [-0.1, -0.05) is 0 Å². The van der Waals surface area contributed by atoms with Crippen LogP contribution in [0.5, 0.6) is 5.75 Å². The van der Waals surface area contributed by atoms with Gasteiger partial charge in [0.15, 0.2) is 0 Å². The van der Waals surface area contributed by atoms with E-state index < -0.39 is 11.9 Å². The van der Waals surface area contributed by atoms with Crippen LogP contribution < -0.4 is 4.74 Å². The lowest BCUT2D eigenvalue weighted by Gasteiger charge is -2.17. The number of carbonyl (C=O) groups is 1. The van der Waals surface area contributed by atoms with Crippen molar-refractivity contribution in [3.05, 3.63) is 23.0 Å². The van der Waals surface area contributed by atoms with Crippen LogP contribution in [0.2, 0.25) is 0 Å². The number of pyridine rings is 1. The predicted octanol–water partition coefficient (Wildman–Crippen LogP) is 1.73. The number of aromatic nitrogens is 1. The quantitative estimate of drug-likeness (QED) is 0.847. The van der Waals surface area contributed by atoms with Crippen molar-refractivity contribution in [2.45, 2.75) is 26.4 Å². The van der Waals surface area contributed by atoms with Gasteiger partial charge in [0.25, 0.3) is 0 Å². The molecule has 1 N–H and O–H groups in total. The molecule has 0 saturated carbocycles. The lowest BCUT2D eigenvalue weighted by atomic mass is 9.95. The largest absolute Gasteiger partial charge is 0.495 e. The lowest BCUT2D eigenvalue weighted by Crippen LogP contribution is -2.13. The fourth-order valence-corrected chi connectivity index (χ4v) is 1.77. The van der Waals surface area contributed by atoms with Gasteiger partial charge in [0, 0.05) is 24.4 Å². The van der Waals surface area contributed by atoms with E-state index in [0.717, 1.165) is 5.56 Å². The smallest absolute Gasteiger partial charge is 0.310 e. The van der Waals surface area contributed by atoms with Crippen molar-refractivity contribution in [3.63, 3.8) is 0 Å². The summed E-state index contributed by atoms with van der Waals surface area (Å²) in [6.07, 6.45) is 1.64. The van der Waals surface area contributed by atoms with E-state index in [2.05, 4.69) is 4.98 Å². The summed E-state index contributed by atoms with van der Waals surface area (Å²) in [7, 11) is 3.07. The molecule has 1 aromatic heterocycles. The Morgan fingerprint density at radius 3 is 2.65 bits per heavy atom. The van der Waals surface area contributed by atoms with Crippen LogP contribution in [0.4, 0.5) is 0 Å². The molecule has 17 heavy (non-hydrogen) atoms. The number of rotatable bonds is 5. The summed E-state index contributed by atoms with van der Waals surface area (Å²) in [5.41, 5.74) is 2.05. The van der Waals surface area contributed by atoms with Crippen LogP contribution in [0.3, 0.4) is 0 Å². The first kappa shape index (κ1) is 13.4. The van der Waals surface area contributed by atoms with Gasteiger partial charge in [-0.25, -0.2) is 0 Å². The van der Waals surface area contributed by atoms with Gasteiger partial charge in [0.1, 0.15) is 5.75 Å². The molecule has 5 heteroatoms. The zero-order chi connectivity index (χ0) is 13.0. The highest BCUT2D eigenvalue weighted by Gasteiger charge is 2.23. The highest BCUT2D eigenvalue weighted by atomic mass is 16.5. The van der Waals surface area contributed by atoms with Crippen LogP contribution in [0, 0.1) is 6.92 Å². The van der Waals surface area contributed by atoms with Crippen molar-refractivity contribution in [2.75, 3.05) is 14.2 Å². The van der Waals surface area contributed by atoms with Crippen molar-refractivity contribution >= 4 is 5.97 Å². The molecule has 1 rings (SSSR count). The second kappa shape index (κ2) is 5.63. The summed E-state index contributed by atoms with van der Waals surface area (Å²) >= 11 is 0. The Hall–Kier alpha value is -1.62. The van der Waals surface area contributed by atoms with E-state index in [-0.39, 0.29) is 0 Å². The van der Waals surface area contributed by atoms with Crippen LogP contribution in [0.15, 0.2) is 6.20 Å². The number of carboxylic acid groups (broad SMARTS) is 1. The molecule has 0 aliphatic rings. The molecule has 0 bridgehead atoms. The van der Waals surface area contributed by atoms with Crippen molar-refractivity contribution in [1.29, 1.82) is 0 Å². The molecule has 0 spiro atoms. The summed E-state index contributed by atoms with van der Waals surface area (Å²) in [4.78, 5) is 15.3. The van der Waals surface area contributed by atoms with Crippen LogP contribution in [0.1, 0.15) is 29.7 Å². The molecular formula is C12H17NO4. The van der Waals surface area contributed by atoms with Crippen molar-refractivity contribution < 1.29 is 19.4 Å². The van der Waals surface area contributed by atoms with Gasteiger partial charge < -0.3 is 14.6 Å². The third-order valence-electron chi connectivity index (χ3n) is 2.64. The first-order valence-corrected chi connectivity index (χ1v) is 5.27. The third-order valence-corrected chi connectivity index (χ3v) is 2.64. The molecule has 0 radical (unpaired) electrons. The molecule has 1 unspecified atom stereocenters. The molecule has 1 aromatic rings. The maximum Gasteiger partial charge on any atom is 0.310 e. The molecule has 1 atom stereocenters. The second-order valence-electron chi connectivity index (χ2n) is 3.81. The molecule has 5 nitrogen and oxygen atoms in total. The average molecular weight is 239 g/mol. The van der Waals surface area contributed by atoms with E-state index in [1.807, 2.05) is 0 Å². The zero-order valence-electron chi connectivity index (χ0n) is 10.5. The molecule has 0 aliphatic carbocycles. The van der Waals surface area contributed by atoms with Crippen molar-refractivity contribution in [2.24, 2.45) is 0 Å². The summed E-state index contributed by atoms with van der Waals surface area (Å²) in [6.45, 7) is 3.73. The second-order valence-corrected chi connectivity index (χ2v) is 3.81. The fraction of sp³-hybridized carbons (Fsp3) is 0.500. The first-order valence-electron chi connectivity index (χ1n) is 5.27. The summed E-state index contributed by atoms with van der Waals surface area (Å²) in [6, 6.07) is 0. The predicted molar refractivity (Wildman–Crippen MR) is 62.3 cm³/mol. The van der Waals surface area contributed by atoms with E-state index in [4.69, 9.17) is 14.6 Å². The molecule has 0 aromatic carbocycles. The number of hydrogen-bond acceptors (Lipinski definition) is 4. The highest BCUT2D eigenvalue weighted by molar-refractivity contribution is 5.77. The van der Waals surface area contributed by atoms with Crippen molar-refractivity contribution in [3.8, 4) is 5.75 Å².